The number of ether oxygens (including phenoxy) is 2. The van der Waals surface area contributed by atoms with Crippen molar-refractivity contribution in [2.45, 2.75) is 19.1 Å². The van der Waals surface area contributed by atoms with Gasteiger partial charge in [0.05, 0.1) is 26.3 Å². The first kappa shape index (κ1) is 11.9. The van der Waals surface area contributed by atoms with Crippen LogP contribution in [0.5, 0.6) is 0 Å². The summed E-state index contributed by atoms with van der Waals surface area (Å²) in [6.07, 6.45) is -0.340. The Bertz CT molecular complexity index is 380. The second-order valence-electron chi connectivity index (χ2n) is 4.22. The maximum absolute atomic E-state index is 11.5. The lowest BCUT2D eigenvalue weighted by molar-refractivity contribution is -0.0725. The quantitative estimate of drug-likeness (QED) is 0.749. The van der Waals surface area contributed by atoms with E-state index in [4.69, 9.17) is 9.47 Å². The van der Waals surface area contributed by atoms with Crippen LogP contribution in [0.3, 0.4) is 0 Å². The van der Waals surface area contributed by atoms with Crippen molar-refractivity contribution < 1.29 is 14.3 Å². The molecule has 4 heteroatoms. The Morgan fingerprint density at radius 2 is 2.06 bits per heavy atom. The van der Waals surface area contributed by atoms with Crippen molar-refractivity contribution in [3.63, 3.8) is 0 Å². The zero-order valence-electron chi connectivity index (χ0n) is 10.1. The Hall–Kier alpha value is -1.55. The number of rotatable bonds is 1. The van der Waals surface area contributed by atoms with Crippen LogP contribution in [0, 0.1) is 0 Å². The van der Waals surface area contributed by atoms with Crippen molar-refractivity contribution in [3.05, 3.63) is 35.9 Å². The van der Waals surface area contributed by atoms with Gasteiger partial charge in [0.15, 0.2) is 0 Å². The second-order valence-corrected chi connectivity index (χ2v) is 4.22. The van der Waals surface area contributed by atoms with Gasteiger partial charge in [-0.05, 0) is 12.5 Å². The summed E-state index contributed by atoms with van der Waals surface area (Å²) < 4.78 is 10.6. The van der Waals surface area contributed by atoms with Crippen molar-refractivity contribution >= 4 is 6.09 Å². The number of amides is 1. The zero-order chi connectivity index (χ0) is 12.3. The van der Waals surface area contributed by atoms with E-state index in [0.717, 1.165) is 5.56 Å². The van der Waals surface area contributed by atoms with E-state index in [9.17, 15) is 4.79 Å². The van der Waals surface area contributed by atoms with Crippen molar-refractivity contribution in [2.75, 3.05) is 20.2 Å². The first-order chi connectivity index (χ1) is 8.20. The molecule has 0 unspecified atom stereocenters. The van der Waals surface area contributed by atoms with Gasteiger partial charge < -0.3 is 14.4 Å². The van der Waals surface area contributed by atoms with Gasteiger partial charge >= 0.3 is 6.09 Å². The highest BCUT2D eigenvalue weighted by Crippen LogP contribution is 2.25. The average molecular weight is 235 g/mol. The second kappa shape index (κ2) is 5.19. The lowest BCUT2D eigenvalue weighted by Crippen LogP contribution is -2.45. The number of morpholine rings is 1. The molecule has 1 aromatic carbocycles. The molecule has 1 saturated heterocycles. The summed E-state index contributed by atoms with van der Waals surface area (Å²) in [5.74, 6) is 0. The molecule has 0 spiro atoms. The van der Waals surface area contributed by atoms with Gasteiger partial charge in [-0.15, -0.1) is 0 Å². The third kappa shape index (κ3) is 2.77. The van der Waals surface area contributed by atoms with E-state index in [1.807, 2.05) is 37.3 Å². The molecule has 1 fully saturated rings. The molecule has 1 amide bonds. The minimum absolute atomic E-state index is 0.0213. The molecule has 0 aromatic heterocycles. The highest BCUT2D eigenvalue weighted by molar-refractivity contribution is 5.67. The summed E-state index contributed by atoms with van der Waals surface area (Å²) in [5.41, 5.74) is 1.09. The summed E-state index contributed by atoms with van der Waals surface area (Å²) in [7, 11) is 1.40. The van der Waals surface area contributed by atoms with Crippen LogP contribution in [0.2, 0.25) is 0 Å². The van der Waals surface area contributed by atoms with Gasteiger partial charge in [-0.25, -0.2) is 4.79 Å². The molecular weight excluding hydrogens is 218 g/mol. The van der Waals surface area contributed by atoms with E-state index in [1.54, 1.807) is 4.90 Å². The van der Waals surface area contributed by atoms with Crippen LogP contribution in [0.15, 0.2) is 30.3 Å². The monoisotopic (exact) mass is 235 g/mol. The summed E-state index contributed by atoms with van der Waals surface area (Å²) >= 11 is 0. The van der Waals surface area contributed by atoms with Crippen LogP contribution in [0.25, 0.3) is 0 Å². The van der Waals surface area contributed by atoms with Gasteiger partial charge in [-0.2, -0.15) is 0 Å². The molecule has 1 aromatic rings. The molecule has 17 heavy (non-hydrogen) atoms. The van der Waals surface area contributed by atoms with E-state index < -0.39 is 0 Å². The standard InChI is InChI=1S/C13H17NO3/c1-10-8-14(13(15)16-2)9-12(17-10)11-6-4-3-5-7-11/h3-7,10,12H,8-9H2,1-2H3/t10-,12+/m1/s1. The van der Waals surface area contributed by atoms with Crippen LogP contribution < -0.4 is 0 Å². The fourth-order valence-electron chi connectivity index (χ4n) is 2.08. The summed E-state index contributed by atoms with van der Waals surface area (Å²) in [6.45, 7) is 3.09. The molecule has 0 saturated carbocycles. The Morgan fingerprint density at radius 1 is 1.35 bits per heavy atom. The summed E-state index contributed by atoms with van der Waals surface area (Å²) in [5, 5.41) is 0. The molecule has 4 nitrogen and oxygen atoms in total. The number of hydrogen-bond acceptors (Lipinski definition) is 3. The zero-order valence-corrected chi connectivity index (χ0v) is 10.1. The van der Waals surface area contributed by atoms with Crippen LogP contribution in [-0.4, -0.2) is 37.3 Å². The SMILES string of the molecule is COC(=O)N1C[C@@H](C)O[C@H](c2ccccc2)C1. The number of hydrogen-bond donors (Lipinski definition) is 0. The minimum Gasteiger partial charge on any atom is -0.453 e. The van der Waals surface area contributed by atoms with Gasteiger partial charge in [0, 0.05) is 0 Å². The number of carbonyl (C=O) groups is 1. The van der Waals surface area contributed by atoms with Gasteiger partial charge in [0.1, 0.15) is 6.10 Å². The molecule has 1 aliphatic rings. The lowest BCUT2D eigenvalue weighted by Gasteiger charge is -2.36. The first-order valence-corrected chi connectivity index (χ1v) is 5.74. The van der Waals surface area contributed by atoms with Gasteiger partial charge in [-0.3, -0.25) is 0 Å². The molecule has 1 heterocycles. The highest BCUT2D eigenvalue weighted by Gasteiger charge is 2.29. The lowest BCUT2D eigenvalue weighted by atomic mass is 10.1. The van der Waals surface area contributed by atoms with Gasteiger partial charge in [0.2, 0.25) is 0 Å². The van der Waals surface area contributed by atoms with E-state index >= 15 is 0 Å². The normalized spacial score (nSPS) is 24.5. The topological polar surface area (TPSA) is 38.8 Å². The molecular formula is C13H17NO3. The number of carbonyl (C=O) groups excluding carboxylic acids is 1. The Morgan fingerprint density at radius 3 is 2.71 bits per heavy atom. The predicted octanol–water partition coefficient (Wildman–Crippen LogP) is 2.21. The molecule has 0 bridgehead atoms. The summed E-state index contributed by atoms with van der Waals surface area (Å²) in [4.78, 5) is 13.2. The fourth-order valence-corrected chi connectivity index (χ4v) is 2.08. The number of nitrogens with zero attached hydrogens (tertiary/aromatic N) is 1. The van der Waals surface area contributed by atoms with E-state index in [1.165, 1.54) is 7.11 Å². The van der Waals surface area contributed by atoms with Gasteiger partial charge in [0.25, 0.3) is 0 Å². The van der Waals surface area contributed by atoms with E-state index in [0.29, 0.717) is 13.1 Å². The molecule has 92 valence electrons. The fraction of sp³-hybridized carbons (Fsp3) is 0.462. The van der Waals surface area contributed by atoms with Crippen LogP contribution in [0.1, 0.15) is 18.6 Å². The minimum atomic E-state index is -0.291. The van der Waals surface area contributed by atoms with Crippen LogP contribution in [0.4, 0.5) is 4.79 Å². The molecule has 0 radical (unpaired) electrons. The Kier molecular flexibility index (Phi) is 3.64. The third-order valence-electron chi connectivity index (χ3n) is 2.86. The predicted molar refractivity (Wildman–Crippen MR) is 63.7 cm³/mol. The molecule has 0 N–H and O–H groups in total. The van der Waals surface area contributed by atoms with Crippen molar-refractivity contribution in [3.8, 4) is 0 Å². The van der Waals surface area contributed by atoms with E-state index in [2.05, 4.69) is 0 Å². The molecule has 2 atom stereocenters. The number of benzene rings is 1. The highest BCUT2D eigenvalue weighted by atomic mass is 16.5. The van der Waals surface area contributed by atoms with Crippen molar-refractivity contribution in [2.24, 2.45) is 0 Å². The van der Waals surface area contributed by atoms with Crippen LogP contribution >= 0.6 is 0 Å². The maximum atomic E-state index is 11.5. The largest absolute Gasteiger partial charge is 0.453 e. The molecule has 2 rings (SSSR count). The Balaban J connectivity index is 2.11. The molecule has 1 aliphatic heterocycles. The molecule has 0 aliphatic carbocycles. The van der Waals surface area contributed by atoms with Crippen molar-refractivity contribution in [1.29, 1.82) is 0 Å². The smallest absolute Gasteiger partial charge is 0.409 e. The maximum Gasteiger partial charge on any atom is 0.409 e. The summed E-state index contributed by atoms with van der Waals surface area (Å²) in [6, 6.07) is 9.94. The average Bonchev–Trinajstić information content (AvgIpc) is 2.38. The van der Waals surface area contributed by atoms with Gasteiger partial charge in [-0.1, -0.05) is 30.3 Å². The third-order valence-corrected chi connectivity index (χ3v) is 2.86. The number of methoxy groups -OCH3 is 1. The Labute approximate surface area is 101 Å². The van der Waals surface area contributed by atoms with E-state index in [-0.39, 0.29) is 18.3 Å². The van der Waals surface area contributed by atoms with Crippen LogP contribution in [-0.2, 0) is 9.47 Å². The first-order valence-electron chi connectivity index (χ1n) is 5.74. The van der Waals surface area contributed by atoms with Crippen molar-refractivity contribution in [1.82, 2.24) is 4.90 Å².